The SMILES string of the molecule is O=[N+]([O-])c1cc(F)cc(NCC2(O)CCOC2)c1. The van der Waals surface area contributed by atoms with Crippen LogP contribution in [0.5, 0.6) is 0 Å². The minimum Gasteiger partial charge on any atom is -0.386 e. The molecule has 98 valence electrons. The Morgan fingerprint density at radius 2 is 2.33 bits per heavy atom. The van der Waals surface area contributed by atoms with E-state index in [0.717, 1.165) is 12.1 Å². The molecule has 1 atom stereocenters. The lowest BCUT2D eigenvalue weighted by Crippen LogP contribution is -2.37. The highest BCUT2D eigenvalue weighted by Crippen LogP contribution is 2.23. The zero-order valence-electron chi connectivity index (χ0n) is 9.56. The quantitative estimate of drug-likeness (QED) is 0.626. The van der Waals surface area contributed by atoms with Gasteiger partial charge < -0.3 is 15.2 Å². The van der Waals surface area contributed by atoms with Crippen LogP contribution < -0.4 is 5.32 Å². The molecule has 2 N–H and O–H groups in total. The van der Waals surface area contributed by atoms with Gasteiger partial charge in [0.05, 0.1) is 17.6 Å². The molecule has 1 heterocycles. The first-order valence-corrected chi connectivity index (χ1v) is 5.47. The van der Waals surface area contributed by atoms with E-state index in [1.54, 1.807) is 0 Å². The Labute approximate surface area is 103 Å². The molecular weight excluding hydrogens is 243 g/mol. The van der Waals surface area contributed by atoms with E-state index in [-0.39, 0.29) is 24.5 Å². The molecule has 1 aromatic carbocycles. The van der Waals surface area contributed by atoms with Gasteiger partial charge in [-0.3, -0.25) is 10.1 Å². The van der Waals surface area contributed by atoms with Crippen LogP contribution in [0.3, 0.4) is 0 Å². The summed E-state index contributed by atoms with van der Waals surface area (Å²) in [5, 5.41) is 23.3. The summed E-state index contributed by atoms with van der Waals surface area (Å²) in [6, 6.07) is 3.22. The van der Waals surface area contributed by atoms with Gasteiger partial charge in [-0.25, -0.2) is 4.39 Å². The predicted octanol–water partition coefficient (Wildman–Crippen LogP) is 1.30. The maximum absolute atomic E-state index is 13.2. The number of nitrogens with zero attached hydrogens (tertiary/aromatic N) is 1. The average molecular weight is 256 g/mol. The third-order valence-corrected chi connectivity index (χ3v) is 2.80. The second-order valence-electron chi connectivity index (χ2n) is 4.34. The Balaban J connectivity index is 2.07. The van der Waals surface area contributed by atoms with Crippen LogP contribution in [0.4, 0.5) is 15.8 Å². The van der Waals surface area contributed by atoms with Gasteiger partial charge in [0, 0.05) is 31.3 Å². The number of hydrogen-bond acceptors (Lipinski definition) is 5. The van der Waals surface area contributed by atoms with Crippen molar-refractivity contribution in [1.29, 1.82) is 0 Å². The summed E-state index contributed by atoms with van der Waals surface area (Å²) in [6.07, 6.45) is 0.484. The molecule has 0 aromatic heterocycles. The second-order valence-corrected chi connectivity index (χ2v) is 4.34. The van der Waals surface area contributed by atoms with Crippen molar-refractivity contribution in [2.75, 3.05) is 25.1 Å². The minimum absolute atomic E-state index is 0.160. The first-order chi connectivity index (χ1) is 8.48. The summed E-state index contributed by atoms with van der Waals surface area (Å²) in [6.45, 7) is 0.840. The van der Waals surface area contributed by atoms with Crippen LogP contribution in [-0.4, -0.2) is 35.4 Å². The molecule has 6 nitrogen and oxygen atoms in total. The van der Waals surface area contributed by atoms with Crippen LogP contribution in [-0.2, 0) is 4.74 Å². The molecule has 7 heteroatoms. The van der Waals surface area contributed by atoms with Crippen molar-refractivity contribution in [1.82, 2.24) is 0 Å². The molecule has 0 aliphatic carbocycles. The van der Waals surface area contributed by atoms with Gasteiger partial charge in [0.25, 0.3) is 5.69 Å². The largest absolute Gasteiger partial charge is 0.386 e. The third-order valence-electron chi connectivity index (χ3n) is 2.80. The van der Waals surface area contributed by atoms with Crippen LogP contribution in [0.15, 0.2) is 18.2 Å². The zero-order valence-corrected chi connectivity index (χ0v) is 9.56. The van der Waals surface area contributed by atoms with Gasteiger partial charge in [0.1, 0.15) is 11.4 Å². The van der Waals surface area contributed by atoms with E-state index in [0.29, 0.717) is 13.0 Å². The fourth-order valence-electron chi connectivity index (χ4n) is 1.78. The summed E-state index contributed by atoms with van der Waals surface area (Å²) >= 11 is 0. The van der Waals surface area contributed by atoms with Crippen molar-refractivity contribution in [3.63, 3.8) is 0 Å². The number of ether oxygens (including phenoxy) is 1. The van der Waals surface area contributed by atoms with Crippen LogP contribution in [0.1, 0.15) is 6.42 Å². The average Bonchev–Trinajstić information content (AvgIpc) is 2.73. The van der Waals surface area contributed by atoms with Gasteiger partial charge in [0.2, 0.25) is 0 Å². The molecule has 0 radical (unpaired) electrons. The topological polar surface area (TPSA) is 84.6 Å². The van der Waals surface area contributed by atoms with Gasteiger partial charge in [0.15, 0.2) is 0 Å². The number of nitrogens with one attached hydrogen (secondary N) is 1. The smallest absolute Gasteiger partial charge is 0.274 e. The molecule has 1 unspecified atom stereocenters. The Bertz CT molecular complexity index is 460. The normalized spacial score (nSPS) is 23.0. The van der Waals surface area contributed by atoms with E-state index in [1.807, 2.05) is 0 Å². The van der Waals surface area contributed by atoms with Gasteiger partial charge >= 0.3 is 0 Å². The Morgan fingerprint density at radius 1 is 1.56 bits per heavy atom. The lowest BCUT2D eigenvalue weighted by Gasteiger charge is -2.21. The number of hydrogen-bond donors (Lipinski definition) is 2. The Hall–Kier alpha value is -1.73. The van der Waals surface area contributed by atoms with Gasteiger partial charge in [-0.05, 0) is 6.07 Å². The van der Waals surface area contributed by atoms with Gasteiger partial charge in [-0.2, -0.15) is 0 Å². The summed E-state index contributed by atoms with van der Waals surface area (Å²) in [5.74, 6) is -0.693. The minimum atomic E-state index is -0.999. The number of rotatable bonds is 4. The molecule has 1 aliphatic rings. The molecule has 1 fully saturated rings. The van der Waals surface area contributed by atoms with E-state index in [2.05, 4.69) is 5.32 Å². The summed E-state index contributed by atoms with van der Waals surface area (Å²) < 4.78 is 18.2. The van der Waals surface area contributed by atoms with Crippen molar-refractivity contribution >= 4 is 11.4 Å². The maximum atomic E-state index is 13.2. The number of anilines is 1. The maximum Gasteiger partial charge on any atom is 0.274 e. The number of nitro benzene ring substituents is 1. The van der Waals surface area contributed by atoms with E-state index in [4.69, 9.17) is 4.74 Å². The molecule has 1 aromatic rings. The number of benzene rings is 1. The fraction of sp³-hybridized carbons (Fsp3) is 0.455. The second kappa shape index (κ2) is 4.87. The summed E-state index contributed by atoms with van der Waals surface area (Å²) in [7, 11) is 0. The summed E-state index contributed by atoms with van der Waals surface area (Å²) in [5.41, 5.74) is -1.06. The summed E-state index contributed by atoms with van der Waals surface area (Å²) in [4.78, 5) is 9.91. The van der Waals surface area contributed by atoms with E-state index >= 15 is 0 Å². The van der Waals surface area contributed by atoms with Gasteiger partial charge in [-0.15, -0.1) is 0 Å². The molecular formula is C11H13FN2O4. The number of non-ortho nitro benzene ring substituents is 1. The highest BCUT2D eigenvalue weighted by Gasteiger charge is 2.32. The highest BCUT2D eigenvalue weighted by atomic mass is 19.1. The number of aliphatic hydroxyl groups is 1. The van der Waals surface area contributed by atoms with E-state index in [1.165, 1.54) is 6.07 Å². The number of nitro groups is 1. The highest BCUT2D eigenvalue weighted by molar-refractivity contribution is 5.51. The van der Waals surface area contributed by atoms with Crippen LogP contribution in [0.2, 0.25) is 0 Å². The first kappa shape index (κ1) is 12.7. The third kappa shape index (κ3) is 2.93. The molecule has 0 saturated carbocycles. The number of halogens is 1. The molecule has 0 spiro atoms. The molecule has 1 saturated heterocycles. The Morgan fingerprint density at radius 3 is 2.94 bits per heavy atom. The molecule has 2 rings (SSSR count). The van der Waals surface area contributed by atoms with Gasteiger partial charge in [-0.1, -0.05) is 0 Å². The van der Waals surface area contributed by atoms with Crippen molar-refractivity contribution in [2.24, 2.45) is 0 Å². The lowest BCUT2D eigenvalue weighted by atomic mass is 10.0. The van der Waals surface area contributed by atoms with Crippen molar-refractivity contribution in [3.8, 4) is 0 Å². The van der Waals surface area contributed by atoms with Crippen molar-refractivity contribution in [3.05, 3.63) is 34.1 Å². The monoisotopic (exact) mass is 256 g/mol. The van der Waals surface area contributed by atoms with E-state index in [9.17, 15) is 19.6 Å². The van der Waals surface area contributed by atoms with Crippen molar-refractivity contribution in [2.45, 2.75) is 12.0 Å². The standard InChI is InChI=1S/C11H13FN2O4/c12-8-3-9(5-10(4-8)14(16)17)13-6-11(15)1-2-18-7-11/h3-5,13,15H,1-2,6-7H2. The molecule has 1 aliphatic heterocycles. The van der Waals surface area contributed by atoms with E-state index < -0.39 is 16.3 Å². The molecule has 18 heavy (non-hydrogen) atoms. The van der Waals surface area contributed by atoms with Crippen LogP contribution in [0.25, 0.3) is 0 Å². The zero-order chi connectivity index (χ0) is 13.2. The first-order valence-electron chi connectivity index (χ1n) is 5.47. The Kier molecular flexibility index (Phi) is 3.44. The molecule has 0 amide bonds. The predicted molar refractivity (Wildman–Crippen MR) is 61.9 cm³/mol. The lowest BCUT2D eigenvalue weighted by molar-refractivity contribution is -0.385. The van der Waals surface area contributed by atoms with Crippen molar-refractivity contribution < 1.29 is 19.2 Å². The van der Waals surface area contributed by atoms with Crippen LogP contribution in [0, 0.1) is 15.9 Å². The fourth-order valence-corrected chi connectivity index (χ4v) is 1.78. The van der Waals surface area contributed by atoms with Crippen LogP contribution >= 0.6 is 0 Å². The molecule has 0 bridgehead atoms.